The third-order valence-corrected chi connectivity index (χ3v) is 5.85. The van der Waals surface area contributed by atoms with Gasteiger partial charge in [0.15, 0.2) is 0 Å². The lowest BCUT2D eigenvalue weighted by atomic mass is 10.3. The Kier molecular flexibility index (Phi) is 3.19. The number of thioether (sulfide) groups is 1. The molecule has 1 heterocycles. The van der Waals surface area contributed by atoms with Crippen LogP contribution >= 0.6 is 11.8 Å². The zero-order valence-electron chi connectivity index (χ0n) is 6.84. The molecule has 0 N–H and O–H groups in total. The maximum atomic E-state index is 11.5. The number of hydrogen-bond acceptors (Lipinski definition) is 2. The molecule has 1 aliphatic heterocycles. The quantitative estimate of drug-likeness (QED) is 0.621. The maximum absolute atomic E-state index is 11.5. The van der Waals surface area contributed by atoms with Crippen LogP contribution < -0.4 is 0 Å². The maximum Gasteiger partial charge on any atom is 0.0914 e. The van der Waals surface area contributed by atoms with E-state index in [0.717, 1.165) is 24.3 Å². The van der Waals surface area contributed by atoms with Crippen molar-refractivity contribution in [3.63, 3.8) is 0 Å². The molecule has 0 bridgehead atoms. The van der Waals surface area contributed by atoms with Crippen LogP contribution in [0, 0.1) is 0 Å². The normalized spacial score (nSPS) is 38.5. The molecule has 1 rings (SSSR count). The molecule has 64 valence electrons. The minimum atomic E-state index is -0.652. The topological polar surface area (TPSA) is 17.1 Å². The monoisotopic (exact) mass is 190 g/mol. The summed E-state index contributed by atoms with van der Waals surface area (Å²) >= 11 is 1.83. The minimum absolute atomic E-state index is 0.0417. The van der Waals surface area contributed by atoms with E-state index in [4.69, 9.17) is 0 Å². The molecule has 0 radical (unpaired) electrons. The average molecular weight is 190 g/mol. The summed E-state index contributed by atoms with van der Waals surface area (Å²) in [5, 5.41) is 0. The van der Waals surface area contributed by atoms with Crippen molar-refractivity contribution in [3.05, 3.63) is 12.7 Å². The second-order valence-corrected chi connectivity index (χ2v) is 6.74. The molecule has 0 aromatic heterocycles. The van der Waals surface area contributed by atoms with Crippen LogP contribution in [0.4, 0.5) is 0 Å². The van der Waals surface area contributed by atoms with E-state index in [2.05, 4.69) is 13.5 Å². The number of allylic oxidation sites excluding steroid dienone is 1. The predicted molar refractivity (Wildman–Crippen MR) is 53.3 cm³/mol. The largest absolute Gasteiger partial charge is 0.258 e. The Morgan fingerprint density at radius 2 is 2.55 bits per heavy atom. The van der Waals surface area contributed by atoms with E-state index in [-0.39, 0.29) is 4.08 Å². The predicted octanol–water partition coefficient (Wildman–Crippen LogP) is 2.16. The molecular weight excluding hydrogens is 176 g/mol. The number of rotatable bonds is 2. The molecule has 0 aromatic carbocycles. The molecule has 0 saturated carbocycles. The smallest absolute Gasteiger partial charge is 0.0914 e. The zero-order chi connectivity index (χ0) is 8.32. The third-order valence-electron chi connectivity index (χ3n) is 1.88. The average Bonchev–Trinajstić information content (AvgIpc) is 1.96. The summed E-state index contributed by atoms with van der Waals surface area (Å²) in [5.41, 5.74) is 0. The fraction of sp³-hybridized carbons (Fsp3) is 0.750. The second kappa shape index (κ2) is 3.76. The van der Waals surface area contributed by atoms with Crippen LogP contribution in [0.15, 0.2) is 12.7 Å². The highest BCUT2D eigenvalue weighted by Crippen LogP contribution is 2.37. The van der Waals surface area contributed by atoms with Gasteiger partial charge in [-0.2, -0.15) is 0 Å². The van der Waals surface area contributed by atoms with Gasteiger partial charge >= 0.3 is 0 Å². The van der Waals surface area contributed by atoms with Crippen molar-refractivity contribution in [2.75, 3.05) is 11.5 Å². The van der Waals surface area contributed by atoms with Crippen molar-refractivity contribution in [3.8, 4) is 0 Å². The van der Waals surface area contributed by atoms with Gasteiger partial charge in [-0.05, 0) is 25.5 Å². The third kappa shape index (κ3) is 2.09. The van der Waals surface area contributed by atoms with E-state index >= 15 is 0 Å². The molecule has 0 aromatic rings. The van der Waals surface area contributed by atoms with Crippen molar-refractivity contribution in [2.45, 2.75) is 23.8 Å². The second-order valence-electron chi connectivity index (χ2n) is 2.88. The van der Waals surface area contributed by atoms with Crippen LogP contribution in [-0.4, -0.2) is 19.8 Å². The highest BCUT2D eigenvalue weighted by Gasteiger charge is 2.33. The van der Waals surface area contributed by atoms with E-state index in [9.17, 15) is 4.21 Å². The highest BCUT2D eigenvalue weighted by molar-refractivity contribution is 8.13. The Bertz CT molecular complexity index is 179. The lowest BCUT2D eigenvalue weighted by Crippen LogP contribution is -2.32. The first kappa shape index (κ1) is 9.33. The van der Waals surface area contributed by atoms with E-state index in [1.165, 1.54) is 0 Å². The van der Waals surface area contributed by atoms with Crippen molar-refractivity contribution in [2.24, 2.45) is 0 Å². The van der Waals surface area contributed by atoms with Crippen LogP contribution in [0.1, 0.15) is 19.8 Å². The molecule has 2 atom stereocenters. The molecular formula is C8H14OS2. The van der Waals surface area contributed by atoms with Gasteiger partial charge in [0.25, 0.3) is 0 Å². The van der Waals surface area contributed by atoms with Gasteiger partial charge in [-0.1, -0.05) is 6.08 Å². The SMILES string of the molecule is C=CC[C@]1(C)SCCCS1=O. The molecule has 0 amide bonds. The Labute approximate surface area is 75.1 Å². The van der Waals surface area contributed by atoms with Crippen LogP contribution in [0.2, 0.25) is 0 Å². The lowest BCUT2D eigenvalue weighted by molar-refractivity contribution is 0.663. The summed E-state index contributed by atoms with van der Waals surface area (Å²) in [4.78, 5) is 0. The van der Waals surface area contributed by atoms with Gasteiger partial charge in [-0.25, -0.2) is 0 Å². The molecule has 1 aliphatic rings. The van der Waals surface area contributed by atoms with Crippen molar-refractivity contribution < 1.29 is 4.21 Å². The Morgan fingerprint density at radius 3 is 3.09 bits per heavy atom. The van der Waals surface area contributed by atoms with Crippen LogP contribution in [0.25, 0.3) is 0 Å². The summed E-state index contributed by atoms with van der Waals surface area (Å²) in [6.07, 6.45) is 3.84. The standard InChI is InChI=1S/C8H14OS2/c1-3-5-8(2)10-6-4-7-11(8)9/h3H,1,4-7H2,2H3/t8-,11?/m1/s1. The van der Waals surface area contributed by atoms with E-state index in [1.54, 1.807) is 0 Å². The van der Waals surface area contributed by atoms with Crippen LogP contribution in [-0.2, 0) is 10.8 Å². The van der Waals surface area contributed by atoms with Crippen molar-refractivity contribution >= 4 is 22.6 Å². The molecule has 1 unspecified atom stereocenters. The van der Waals surface area contributed by atoms with E-state index < -0.39 is 10.8 Å². The molecule has 3 heteroatoms. The lowest BCUT2D eigenvalue weighted by Gasteiger charge is -2.30. The highest BCUT2D eigenvalue weighted by atomic mass is 32.2. The Balaban J connectivity index is 2.64. The van der Waals surface area contributed by atoms with Crippen LogP contribution in [0.3, 0.4) is 0 Å². The van der Waals surface area contributed by atoms with Gasteiger partial charge in [0.2, 0.25) is 0 Å². The number of hydrogen-bond donors (Lipinski definition) is 0. The van der Waals surface area contributed by atoms with E-state index in [1.807, 2.05) is 17.8 Å². The first-order chi connectivity index (χ1) is 5.19. The molecule has 0 spiro atoms. The summed E-state index contributed by atoms with van der Waals surface area (Å²) in [6, 6.07) is 0. The van der Waals surface area contributed by atoms with Gasteiger partial charge in [-0.3, -0.25) is 4.21 Å². The van der Waals surface area contributed by atoms with E-state index in [0.29, 0.717) is 0 Å². The van der Waals surface area contributed by atoms with Crippen LogP contribution in [0.5, 0.6) is 0 Å². The molecule has 1 saturated heterocycles. The van der Waals surface area contributed by atoms with Gasteiger partial charge in [0.05, 0.1) is 4.08 Å². The molecule has 1 nitrogen and oxygen atoms in total. The van der Waals surface area contributed by atoms with Gasteiger partial charge < -0.3 is 0 Å². The van der Waals surface area contributed by atoms with Crippen molar-refractivity contribution in [1.29, 1.82) is 0 Å². The van der Waals surface area contributed by atoms with Gasteiger partial charge in [-0.15, -0.1) is 18.3 Å². The zero-order valence-corrected chi connectivity index (χ0v) is 8.47. The fourth-order valence-corrected chi connectivity index (χ4v) is 4.48. The molecule has 11 heavy (non-hydrogen) atoms. The Morgan fingerprint density at radius 1 is 1.82 bits per heavy atom. The Hall–Kier alpha value is 0.240. The first-order valence-electron chi connectivity index (χ1n) is 3.82. The van der Waals surface area contributed by atoms with Crippen molar-refractivity contribution in [1.82, 2.24) is 0 Å². The minimum Gasteiger partial charge on any atom is -0.258 e. The molecule has 0 aliphatic carbocycles. The fourth-order valence-electron chi connectivity index (χ4n) is 1.17. The summed E-state index contributed by atoms with van der Waals surface area (Å²) < 4.78 is 11.5. The summed E-state index contributed by atoms with van der Waals surface area (Å²) in [7, 11) is -0.652. The van der Waals surface area contributed by atoms with Gasteiger partial charge in [0.1, 0.15) is 0 Å². The van der Waals surface area contributed by atoms with Gasteiger partial charge in [0, 0.05) is 16.6 Å². The molecule has 1 fully saturated rings. The summed E-state index contributed by atoms with van der Waals surface area (Å²) in [6.45, 7) is 5.76. The first-order valence-corrected chi connectivity index (χ1v) is 6.13. The summed E-state index contributed by atoms with van der Waals surface area (Å²) in [5.74, 6) is 2.02.